The standard InChI is InChI=1S/C17H24N4O2S/c1-14-4-3-5-17-16(14)11-18-6-7-20(17)12-15-10-19-21(13-15)8-9-24(2,22)23/h3-5,10,13,18H,6-9,11-12H2,1-2H3. The molecule has 2 heterocycles. The second-order valence-corrected chi connectivity index (χ2v) is 8.67. The van der Waals surface area contributed by atoms with Crippen LogP contribution in [-0.2, 0) is 29.5 Å². The van der Waals surface area contributed by atoms with Crippen LogP contribution in [0.5, 0.6) is 0 Å². The Labute approximate surface area is 143 Å². The van der Waals surface area contributed by atoms with E-state index in [0.717, 1.165) is 31.7 Å². The third-order valence-corrected chi connectivity index (χ3v) is 5.26. The SMILES string of the molecule is Cc1cccc2c1CNCCN2Cc1cnn(CCS(C)(=O)=O)c1. The molecule has 0 spiro atoms. The molecule has 0 fully saturated rings. The first-order valence-corrected chi connectivity index (χ1v) is 10.2. The lowest BCUT2D eigenvalue weighted by molar-refractivity contribution is 0.586. The Hall–Kier alpha value is -1.86. The van der Waals surface area contributed by atoms with Crippen LogP contribution in [0, 0.1) is 6.92 Å². The number of rotatable bonds is 5. The summed E-state index contributed by atoms with van der Waals surface area (Å²) in [6.45, 7) is 6.09. The van der Waals surface area contributed by atoms with Crippen LogP contribution in [0.4, 0.5) is 5.69 Å². The number of sulfone groups is 1. The number of aromatic nitrogens is 2. The summed E-state index contributed by atoms with van der Waals surface area (Å²) in [6.07, 6.45) is 5.02. The fourth-order valence-corrected chi connectivity index (χ4v) is 3.53. The van der Waals surface area contributed by atoms with E-state index < -0.39 is 9.84 Å². The van der Waals surface area contributed by atoms with Crippen LogP contribution in [0.25, 0.3) is 0 Å². The number of hydrogen-bond acceptors (Lipinski definition) is 5. The Kier molecular flexibility index (Phi) is 4.91. The van der Waals surface area contributed by atoms with E-state index in [-0.39, 0.29) is 5.75 Å². The summed E-state index contributed by atoms with van der Waals surface area (Å²) >= 11 is 0. The normalized spacial score (nSPS) is 15.2. The summed E-state index contributed by atoms with van der Waals surface area (Å²) in [5.41, 5.74) is 5.01. The maximum Gasteiger partial charge on any atom is 0.149 e. The summed E-state index contributed by atoms with van der Waals surface area (Å²) in [5.74, 6) is 0.115. The fourth-order valence-electron chi connectivity index (χ4n) is 3.02. The Bertz CT molecular complexity index is 814. The molecule has 0 aliphatic carbocycles. The molecule has 2 aromatic rings. The molecule has 1 N–H and O–H groups in total. The lowest BCUT2D eigenvalue weighted by Crippen LogP contribution is -2.28. The van der Waals surface area contributed by atoms with Crippen molar-refractivity contribution in [2.45, 2.75) is 26.6 Å². The topological polar surface area (TPSA) is 67.2 Å². The Morgan fingerprint density at radius 1 is 1.33 bits per heavy atom. The Balaban J connectivity index is 1.75. The number of fused-ring (bicyclic) bond motifs is 1. The summed E-state index contributed by atoms with van der Waals surface area (Å²) in [4.78, 5) is 2.36. The molecule has 0 bridgehead atoms. The third kappa shape index (κ3) is 4.15. The van der Waals surface area contributed by atoms with Crippen molar-refractivity contribution >= 4 is 15.5 Å². The highest BCUT2D eigenvalue weighted by Gasteiger charge is 2.17. The van der Waals surface area contributed by atoms with Gasteiger partial charge in [0.1, 0.15) is 9.84 Å². The summed E-state index contributed by atoms with van der Waals surface area (Å²) in [6, 6.07) is 6.42. The second kappa shape index (κ2) is 6.94. The highest BCUT2D eigenvalue weighted by atomic mass is 32.2. The molecule has 1 aromatic heterocycles. The summed E-state index contributed by atoms with van der Waals surface area (Å²) < 4.78 is 24.3. The molecule has 6 nitrogen and oxygen atoms in total. The molecule has 0 atom stereocenters. The minimum Gasteiger partial charge on any atom is -0.366 e. The maximum absolute atomic E-state index is 11.3. The molecule has 0 unspecified atom stereocenters. The molecular weight excluding hydrogens is 324 g/mol. The second-order valence-electron chi connectivity index (χ2n) is 6.41. The minimum absolute atomic E-state index is 0.115. The number of anilines is 1. The molecular formula is C17H24N4O2S. The first kappa shape index (κ1) is 17.0. The van der Waals surface area contributed by atoms with E-state index in [1.54, 1.807) is 4.68 Å². The molecule has 0 amide bonds. The van der Waals surface area contributed by atoms with Gasteiger partial charge >= 0.3 is 0 Å². The Morgan fingerprint density at radius 2 is 2.17 bits per heavy atom. The van der Waals surface area contributed by atoms with Gasteiger partial charge in [-0.3, -0.25) is 4.68 Å². The van der Waals surface area contributed by atoms with E-state index in [4.69, 9.17) is 0 Å². The molecule has 0 saturated carbocycles. The van der Waals surface area contributed by atoms with Crippen LogP contribution in [-0.4, -0.2) is 43.3 Å². The summed E-state index contributed by atoms with van der Waals surface area (Å²) in [5, 5.41) is 7.76. The van der Waals surface area contributed by atoms with E-state index in [9.17, 15) is 8.42 Å². The number of nitrogens with zero attached hydrogens (tertiary/aromatic N) is 3. The fraction of sp³-hybridized carbons (Fsp3) is 0.471. The van der Waals surface area contributed by atoms with Gasteiger partial charge in [-0.05, 0) is 24.1 Å². The molecule has 1 aromatic carbocycles. The van der Waals surface area contributed by atoms with Gasteiger partial charge in [0, 0.05) is 49.9 Å². The van der Waals surface area contributed by atoms with E-state index in [1.807, 2.05) is 12.4 Å². The number of nitrogens with one attached hydrogen (secondary N) is 1. The van der Waals surface area contributed by atoms with E-state index in [1.165, 1.54) is 23.1 Å². The minimum atomic E-state index is -2.97. The largest absolute Gasteiger partial charge is 0.366 e. The molecule has 7 heteroatoms. The van der Waals surface area contributed by atoms with E-state index in [2.05, 4.69) is 40.4 Å². The predicted octanol–water partition coefficient (Wildman–Crippen LogP) is 1.35. The van der Waals surface area contributed by atoms with Crippen molar-refractivity contribution in [3.63, 3.8) is 0 Å². The first-order chi connectivity index (χ1) is 11.4. The summed E-state index contributed by atoms with van der Waals surface area (Å²) in [7, 11) is -2.97. The van der Waals surface area contributed by atoms with Gasteiger partial charge in [-0.1, -0.05) is 12.1 Å². The van der Waals surface area contributed by atoms with Gasteiger partial charge < -0.3 is 10.2 Å². The van der Waals surface area contributed by atoms with Crippen molar-refractivity contribution in [1.29, 1.82) is 0 Å². The van der Waals surface area contributed by atoms with Gasteiger partial charge in [-0.15, -0.1) is 0 Å². The zero-order chi connectivity index (χ0) is 17.2. The number of benzene rings is 1. The molecule has 1 aliphatic rings. The van der Waals surface area contributed by atoms with Crippen molar-refractivity contribution in [1.82, 2.24) is 15.1 Å². The highest BCUT2D eigenvalue weighted by Crippen LogP contribution is 2.26. The first-order valence-electron chi connectivity index (χ1n) is 8.15. The van der Waals surface area contributed by atoms with Gasteiger partial charge in [0.05, 0.1) is 18.5 Å². The third-order valence-electron chi connectivity index (χ3n) is 4.34. The molecule has 0 saturated heterocycles. The zero-order valence-electron chi connectivity index (χ0n) is 14.2. The van der Waals surface area contributed by atoms with Crippen LogP contribution >= 0.6 is 0 Å². The highest BCUT2D eigenvalue weighted by molar-refractivity contribution is 7.90. The smallest absolute Gasteiger partial charge is 0.149 e. The Morgan fingerprint density at radius 3 is 2.96 bits per heavy atom. The van der Waals surface area contributed by atoms with Crippen LogP contribution in [0.15, 0.2) is 30.6 Å². The van der Waals surface area contributed by atoms with Gasteiger partial charge in [0.25, 0.3) is 0 Å². The molecule has 3 rings (SSSR count). The number of aryl methyl sites for hydroxylation is 2. The van der Waals surface area contributed by atoms with Crippen molar-refractivity contribution in [2.75, 3.05) is 30.0 Å². The van der Waals surface area contributed by atoms with E-state index in [0.29, 0.717) is 6.54 Å². The average molecular weight is 348 g/mol. The van der Waals surface area contributed by atoms with Crippen LogP contribution < -0.4 is 10.2 Å². The van der Waals surface area contributed by atoms with Gasteiger partial charge in [0.2, 0.25) is 0 Å². The van der Waals surface area contributed by atoms with Crippen LogP contribution in [0.2, 0.25) is 0 Å². The zero-order valence-corrected chi connectivity index (χ0v) is 15.0. The maximum atomic E-state index is 11.3. The van der Waals surface area contributed by atoms with E-state index >= 15 is 0 Å². The molecule has 130 valence electrons. The van der Waals surface area contributed by atoms with Crippen molar-refractivity contribution in [2.24, 2.45) is 0 Å². The van der Waals surface area contributed by atoms with Crippen LogP contribution in [0.3, 0.4) is 0 Å². The van der Waals surface area contributed by atoms with Gasteiger partial charge in [-0.25, -0.2) is 8.42 Å². The lowest BCUT2D eigenvalue weighted by Gasteiger charge is -2.24. The lowest BCUT2D eigenvalue weighted by atomic mass is 10.1. The van der Waals surface area contributed by atoms with Crippen LogP contribution in [0.1, 0.15) is 16.7 Å². The molecule has 24 heavy (non-hydrogen) atoms. The van der Waals surface area contributed by atoms with Crippen molar-refractivity contribution < 1.29 is 8.42 Å². The van der Waals surface area contributed by atoms with Gasteiger partial charge in [-0.2, -0.15) is 5.10 Å². The molecule has 0 radical (unpaired) electrons. The van der Waals surface area contributed by atoms with Crippen molar-refractivity contribution in [3.8, 4) is 0 Å². The van der Waals surface area contributed by atoms with Gasteiger partial charge in [0.15, 0.2) is 0 Å². The monoisotopic (exact) mass is 348 g/mol. The average Bonchev–Trinajstić information content (AvgIpc) is 2.86. The quantitative estimate of drug-likeness (QED) is 0.883. The number of hydrogen-bond donors (Lipinski definition) is 1. The van der Waals surface area contributed by atoms with Crippen molar-refractivity contribution in [3.05, 3.63) is 47.3 Å². The predicted molar refractivity (Wildman–Crippen MR) is 95.9 cm³/mol. The molecule has 1 aliphatic heterocycles.